The molecule has 2 aliphatic rings. The molecule has 1 saturated heterocycles. The van der Waals surface area contributed by atoms with Crippen LogP contribution in [0.1, 0.15) is 33.6 Å². The zero-order chi connectivity index (χ0) is 19.7. The van der Waals surface area contributed by atoms with Gasteiger partial charge in [-0.25, -0.2) is 0 Å². The molecule has 2 aliphatic heterocycles. The van der Waals surface area contributed by atoms with E-state index in [1.807, 2.05) is 24.4 Å². The number of carbonyl (C=O) groups is 2. The van der Waals surface area contributed by atoms with Crippen molar-refractivity contribution in [1.29, 1.82) is 0 Å². The molecule has 148 valence electrons. The van der Waals surface area contributed by atoms with Gasteiger partial charge in [0.1, 0.15) is 5.92 Å². The minimum Gasteiger partial charge on any atom is -0.481 e. The highest BCUT2D eigenvalue weighted by molar-refractivity contribution is 7.10. The van der Waals surface area contributed by atoms with Gasteiger partial charge in [0.25, 0.3) is 5.91 Å². The van der Waals surface area contributed by atoms with Crippen LogP contribution in [0.3, 0.4) is 0 Å². The van der Waals surface area contributed by atoms with E-state index in [1.165, 1.54) is 11.3 Å². The fourth-order valence-electron chi connectivity index (χ4n) is 4.37. The van der Waals surface area contributed by atoms with Crippen LogP contribution < -0.4 is 0 Å². The highest BCUT2D eigenvalue weighted by Crippen LogP contribution is 2.48. The first kappa shape index (κ1) is 19.1. The third-order valence-corrected chi connectivity index (χ3v) is 6.98. The molecule has 0 saturated carbocycles. The molecule has 0 radical (unpaired) electrons. The fraction of sp³-hybridized carbons (Fsp3) is 0.429. The Hall–Kier alpha value is -2.22. The van der Waals surface area contributed by atoms with Crippen LogP contribution in [0.4, 0.5) is 0 Å². The van der Waals surface area contributed by atoms with E-state index in [0.29, 0.717) is 37.4 Å². The Balaban J connectivity index is 1.77. The zero-order valence-electron chi connectivity index (χ0n) is 15.8. The number of morpholine rings is 1. The summed E-state index contributed by atoms with van der Waals surface area (Å²) < 4.78 is 5.41. The molecule has 0 spiro atoms. The van der Waals surface area contributed by atoms with Gasteiger partial charge in [-0.2, -0.15) is 0 Å². The van der Waals surface area contributed by atoms with Gasteiger partial charge >= 0.3 is 5.97 Å². The molecule has 1 amide bonds. The van der Waals surface area contributed by atoms with Gasteiger partial charge in [-0.3, -0.25) is 14.5 Å². The van der Waals surface area contributed by atoms with Crippen LogP contribution in [-0.4, -0.2) is 66.2 Å². The molecule has 6 nitrogen and oxygen atoms in total. The molecule has 2 aromatic rings. The fourth-order valence-corrected chi connectivity index (χ4v) is 5.30. The summed E-state index contributed by atoms with van der Waals surface area (Å²) in [4.78, 5) is 30.8. The number of hydrogen-bond acceptors (Lipinski definition) is 5. The molecule has 4 rings (SSSR count). The van der Waals surface area contributed by atoms with Crippen molar-refractivity contribution in [3.05, 3.63) is 57.8 Å². The van der Waals surface area contributed by atoms with Crippen LogP contribution >= 0.6 is 11.3 Å². The number of benzene rings is 1. The van der Waals surface area contributed by atoms with Gasteiger partial charge in [-0.15, -0.1) is 11.3 Å². The topological polar surface area (TPSA) is 70.1 Å². The van der Waals surface area contributed by atoms with Crippen molar-refractivity contribution in [2.24, 2.45) is 0 Å². The first-order chi connectivity index (χ1) is 13.5. The number of carboxylic acids is 1. The lowest BCUT2D eigenvalue weighted by Gasteiger charge is -2.49. The molecule has 1 fully saturated rings. The number of carboxylic acid groups (broad SMARTS) is 1. The second-order valence-electron chi connectivity index (χ2n) is 7.39. The minimum absolute atomic E-state index is 0.0998. The van der Waals surface area contributed by atoms with E-state index in [-0.39, 0.29) is 5.91 Å². The summed E-state index contributed by atoms with van der Waals surface area (Å²) in [6.45, 7) is 6.11. The molecule has 7 heteroatoms. The summed E-state index contributed by atoms with van der Waals surface area (Å²) in [5.41, 5.74) is 0.155. The van der Waals surface area contributed by atoms with E-state index in [1.54, 1.807) is 29.2 Å². The maximum Gasteiger partial charge on any atom is 0.313 e. The van der Waals surface area contributed by atoms with Crippen LogP contribution in [-0.2, 0) is 15.1 Å². The van der Waals surface area contributed by atoms with Crippen molar-refractivity contribution in [1.82, 2.24) is 9.80 Å². The maximum absolute atomic E-state index is 13.5. The van der Waals surface area contributed by atoms with E-state index in [0.717, 1.165) is 18.0 Å². The molecule has 1 aromatic heterocycles. The molecule has 1 N–H and O–H groups in total. The highest BCUT2D eigenvalue weighted by Gasteiger charge is 2.53. The lowest BCUT2D eigenvalue weighted by Crippen LogP contribution is -2.58. The molecule has 3 heterocycles. The molecule has 1 aromatic carbocycles. The van der Waals surface area contributed by atoms with Crippen molar-refractivity contribution in [3.63, 3.8) is 0 Å². The maximum atomic E-state index is 13.5. The number of nitrogens with zero attached hydrogens (tertiary/aromatic N) is 2. The normalized spacial score (nSPS) is 25.5. The van der Waals surface area contributed by atoms with Crippen molar-refractivity contribution in [2.45, 2.75) is 18.4 Å². The summed E-state index contributed by atoms with van der Waals surface area (Å²) in [6.07, 6.45) is 0. The van der Waals surface area contributed by atoms with Crippen LogP contribution in [0.2, 0.25) is 0 Å². The number of hydrogen-bond donors (Lipinski definition) is 1. The predicted octanol–water partition coefficient (Wildman–Crippen LogP) is 2.62. The lowest BCUT2D eigenvalue weighted by molar-refractivity contribution is -0.143. The Bertz CT molecular complexity index is 863. The van der Waals surface area contributed by atoms with Gasteiger partial charge in [0.15, 0.2) is 0 Å². The van der Waals surface area contributed by atoms with E-state index >= 15 is 0 Å². The van der Waals surface area contributed by atoms with Gasteiger partial charge in [0, 0.05) is 36.6 Å². The van der Waals surface area contributed by atoms with Crippen LogP contribution in [0.5, 0.6) is 0 Å². The number of amides is 1. The highest BCUT2D eigenvalue weighted by atomic mass is 32.1. The van der Waals surface area contributed by atoms with E-state index in [9.17, 15) is 14.7 Å². The quantitative estimate of drug-likeness (QED) is 0.836. The largest absolute Gasteiger partial charge is 0.481 e. The first-order valence-electron chi connectivity index (χ1n) is 9.51. The Morgan fingerprint density at radius 1 is 1.21 bits per heavy atom. The van der Waals surface area contributed by atoms with Crippen molar-refractivity contribution >= 4 is 23.2 Å². The van der Waals surface area contributed by atoms with Crippen molar-refractivity contribution < 1.29 is 19.4 Å². The standard InChI is InChI=1S/C21H24N2O4S/c1-21(17-7-4-14-28-17)18(20(25)26)15-5-2-3-6-16(15)19(24)23(21)9-8-22-10-12-27-13-11-22/h2-7,14,18H,8-13H2,1H3,(H,25,26). The van der Waals surface area contributed by atoms with Crippen LogP contribution in [0, 0.1) is 0 Å². The summed E-state index contributed by atoms with van der Waals surface area (Å²) >= 11 is 1.50. The van der Waals surface area contributed by atoms with Gasteiger partial charge in [-0.1, -0.05) is 24.3 Å². The third kappa shape index (κ3) is 3.13. The smallest absolute Gasteiger partial charge is 0.313 e. The Morgan fingerprint density at radius 3 is 2.64 bits per heavy atom. The van der Waals surface area contributed by atoms with Gasteiger partial charge in [-0.05, 0) is 30.0 Å². The lowest BCUT2D eigenvalue weighted by atomic mass is 9.73. The molecule has 0 aliphatic carbocycles. The van der Waals surface area contributed by atoms with Crippen molar-refractivity contribution in [3.8, 4) is 0 Å². The number of thiophene rings is 1. The number of aliphatic carboxylic acids is 1. The van der Waals surface area contributed by atoms with E-state index < -0.39 is 17.4 Å². The van der Waals surface area contributed by atoms with Gasteiger partial charge in [0.2, 0.25) is 0 Å². The van der Waals surface area contributed by atoms with Crippen LogP contribution in [0.15, 0.2) is 41.8 Å². The summed E-state index contributed by atoms with van der Waals surface area (Å²) in [5.74, 6) is -1.82. The third-order valence-electron chi connectivity index (χ3n) is 5.88. The molecule has 2 atom stereocenters. The van der Waals surface area contributed by atoms with Gasteiger partial charge in [0.05, 0.1) is 18.8 Å². The Kier molecular flexibility index (Phi) is 5.23. The van der Waals surface area contributed by atoms with Crippen molar-refractivity contribution in [2.75, 3.05) is 39.4 Å². The zero-order valence-corrected chi connectivity index (χ0v) is 16.7. The SMILES string of the molecule is CC1(c2cccs2)C(C(=O)O)c2ccccc2C(=O)N1CCN1CCOCC1. The summed E-state index contributed by atoms with van der Waals surface area (Å²) in [6, 6.07) is 11.0. The van der Waals surface area contributed by atoms with Crippen LogP contribution in [0.25, 0.3) is 0 Å². The number of ether oxygens (including phenoxy) is 1. The molecule has 0 bridgehead atoms. The minimum atomic E-state index is -0.933. The van der Waals surface area contributed by atoms with Gasteiger partial charge < -0.3 is 14.7 Å². The second-order valence-corrected chi connectivity index (χ2v) is 8.34. The summed E-state index contributed by atoms with van der Waals surface area (Å²) in [7, 11) is 0. The molecular weight excluding hydrogens is 376 g/mol. The Labute approximate surface area is 168 Å². The second kappa shape index (κ2) is 7.66. The van der Waals surface area contributed by atoms with E-state index in [2.05, 4.69) is 4.90 Å². The average Bonchev–Trinajstić information content (AvgIpc) is 3.24. The Morgan fingerprint density at radius 2 is 1.96 bits per heavy atom. The first-order valence-corrected chi connectivity index (χ1v) is 10.4. The number of rotatable bonds is 5. The molecular formula is C21H24N2O4S. The summed E-state index contributed by atoms with van der Waals surface area (Å²) in [5, 5.41) is 12.1. The molecule has 2 unspecified atom stereocenters. The molecule has 28 heavy (non-hydrogen) atoms. The van der Waals surface area contributed by atoms with E-state index in [4.69, 9.17) is 4.74 Å². The number of fused-ring (bicyclic) bond motifs is 1. The number of carbonyl (C=O) groups excluding carboxylic acids is 1. The monoisotopic (exact) mass is 400 g/mol. The average molecular weight is 401 g/mol. The predicted molar refractivity (Wildman–Crippen MR) is 107 cm³/mol.